The molecule has 0 atom stereocenters. The minimum absolute atomic E-state index is 0.123. The fraction of sp³-hybridized carbons (Fsp3) is 0.429. The second-order valence-corrected chi connectivity index (χ2v) is 9.21. The van der Waals surface area contributed by atoms with E-state index < -0.39 is 5.60 Å². The SMILES string of the molecule is O=C(C1CC1)N1CCC(O)(Cn2cnc3c(cnn3-c3ccc(Cl)c(Cl)c3)c2=O)CC1. The summed E-state index contributed by atoms with van der Waals surface area (Å²) in [6.45, 7) is 1.13. The Morgan fingerprint density at radius 3 is 2.61 bits per heavy atom. The van der Waals surface area contributed by atoms with Gasteiger partial charge in [0.2, 0.25) is 5.91 Å². The van der Waals surface area contributed by atoms with Crippen LogP contribution in [-0.4, -0.2) is 53.9 Å². The summed E-state index contributed by atoms with van der Waals surface area (Å²) in [5.41, 5.74) is -0.294. The number of likely N-dealkylation sites (tertiary alicyclic amines) is 1. The number of amides is 1. The second-order valence-electron chi connectivity index (χ2n) is 8.39. The Kier molecular flexibility index (Phi) is 5.03. The summed E-state index contributed by atoms with van der Waals surface area (Å²) in [7, 11) is 0. The Labute approximate surface area is 188 Å². The molecule has 1 aliphatic carbocycles. The van der Waals surface area contributed by atoms with Crippen LogP contribution >= 0.6 is 23.2 Å². The Bertz CT molecular complexity index is 1230. The average molecular weight is 462 g/mol. The number of aromatic nitrogens is 4. The van der Waals surface area contributed by atoms with Crippen molar-refractivity contribution in [3.05, 3.63) is 51.1 Å². The number of halogens is 2. The van der Waals surface area contributed by atoms with Crippen LogP contribution in [0.5, 0.6) is 0 Å². The molecule has 3 aromatic rings. The fourth-order valence-corrected chi connectivity index (χ4v) is 4.37. The van der Waals surface area contributed by atoms with E-state index in [0.29, 0.717) is 52.7 Å². The average Bonchev–Trinajstić information content (AvgIpc) is 3.51. The van der Waals surface area contributed by atoms with Crippen LogP contribution in [0, 0.1) is 5.92 Å². The van der Waals surface area contributed by atoms with E-state index in [1.54, 1.807) is 18.2 Å². The van der Waals surface area contributed by atoms with Gasteiger partial charge in [-0.3, -0.25) is 14.2 Å². The number of nitrogens with zero attached hydrogens (tertiary/aromatic N) is 5. The molecule has 2 fully saturated rings. The minimum atomic E-state index is -1.06. The predicted molar refractivity (Wildman–Crippen MR) is 117 cm³/mol. The van der Waals surface area contributed by atoms with Gasteiger partial charge in [-0.2, -0.15) is 5.10 Å². The van der Waals surface area contributed by atoms with Crippen molar-refractivity contribution in [2.24, 2.45) is 5.92 Å². The standard InChI is InChI=1S/C21H21Cl2N5O3/c22-16-4-3-14(9-17(16)23)28-18-15(10-25-28)20(30)27(12-24-18)11-21(31)5-7-26(8-6-21)19(29)13-1-2-13/h3-4,9-10,12-13,31H,1-2,5-8,11H2. The van der Waals surface area contributed by atoms with Crippen LogP contribution in [-0.2, 0) is 11.3 Å². The third kappa shape index (κ3) is 3.84. The molecule has 2 aliphatic rings. The van der Waals surface area contributed by atoms with Crippen LogP contribution in [0.2, 0.25) is 10.0 Å². The maximum absolute atomic E-state index is 13.0. The Morgan fingerprint density at radius 2 is 1.94 bits per heavy atom. The zero-order valence-electron chi connectivity index (χ0n) is 16.7. The van der Waals surface area contributed by atoms with Crippen LogP contribution in [0.15, 0.2) is 35.5 Å². The van der Waals surface area contributed by atoms with E-state index in [2.05, 4.69) is 10.1 Å². The van der Waals surface area contributed by atoms with E-state index in [1.807, 2.05) is 4.90 Å². The number of aliphatic hydroxyl groups is 1. The lowest BCUT2D eigenvalue weighted by atomic mass is 9.91. The molecule has 0 radical (unpaired) electrons. The molecular formula is C21H21Cl2N5O3. The molecule has 0 spiro atoms. The summed E-state index contributed by atoms with van der Waals surface area (Å²) in [6, 6.07) is 5.06. The van der Waals surface area contributed by atoms with Crippen molar-refractivity contribution in [1.82, 2.24) is 24.2 Å². The molecule has 162 valence electrons. The van der Waals surface area contributed by atoms with E-state index in [9.17, 15) is 14.7 Å². The van der Waals surface area contributed by atoms with Crippen LogP contribution in [0.3, 0.4) is 0 Å². The first-order valence-corrected chi connectivity index (χ1v) is 11.0. The highest BCUT2D eigenvalue weighted by Crippen LogP contribution is 2.33. The topological polar surface area (TPSA) is 93.2 Å². The minimum Gasteiger partial charge on any atom is -0.388 e. The number of piperidine rings is 1. The summed E-state index contributed by atoms with van der Waals surface area (Å²) >= 11 is 12.1. The molecule has 1 aliphatic heterocycles. The van der Waals surface area contributed by atoms with Crippen LogP contribution in [0.25, 0.3) is 16.7 Å². The van der Waals surface area contributed by atoms with Gasteiger partial charge in [0, 0.05) is 19.0 Å². The van der Waals surface area contributed by atoms with Gasteiger partial charge in [-0.25, -0.2) is 9.67 Å². The third-order valence-corrected chi connectivity index (χ3v) is 6.84. The monoisotopic (exact) mass is 461 g/mol. The number of rotatable bonds is 4. The zero-order valence-corrected chi connectivity index (χ0v) is 18.2. The second kappa shape index (κ2) is 7.62. The van der Waals surface area contributed by atoms with Crippen molar-refractivity contribution in [2.75, 3.05) is 13.1 Å². The van der Waals surface area contributed by atoms with E-state index in [4.69, 9.17) is 23.2 Å². The Hall–Kier alpha value is -2.42. The number of fused-ring (bicyclic) bond motifs is 1. The largest absolute Gasteiger partial charge is 0.388 e. The lowest BCUT2D eigenvalue weighted by molar-refractivity contribution is -0.137. The lowest BCUT2D eigenvalue weighted by Gasteiger charge is -2.38. The van der Waals surface area contributed by atoms with Crippen LogP contribution < -0.4 is 5.56 Å². The van der Waals surface area contributed by atoms with Crippen LogP contribution in [0.4, 0.5) is 0 Å². The molecule has 2 aromatic heterocycles. The molecular weight excluding hydrogens is 441 g/mol. The first-order valence-electron chi connectivity index (χ1n) is 10.2. The zero-order chi connectivity index (χ0) is 21.8. The highest BCUT2D eigenvalue weighted by Gasteiger charge is 2.39. The van der Waals surface area contributed by atoms with Gasteiger partial charge in [-0.1, -0.05) is 23.2 Å². The van der Waals surface area contributed by atoms with Gasteiger partial charge in [0.15, 0.2) is 5.65 Å². The van der Waals surface area contributed by atoms with Gasteiger partial charge in [0.05, 0.1) is 34.1 Å². The summed E-state index contributed by atoms with van der Waals surface area (Å²) < 4.78 is 2.95. The van der Waals surface area contributed by atoms with Crippen molar-refractivity contribution in [1.29, 1.82) is 0 Å². The third-order valence-electron chi connectivity index (χ3n) is 6.10. The molecule has 3 heterocycles. The maximum atomic E-state index is 13.0. The first kappa shape index (κ1) is 20.5. The van der Waals surface area contributed by atoms with Crippen molar-refractivity contribution >= 4 is 40.1 Å². The van der Waals surface area contributed by atoms with Gasteiger partial charge in [-0.05, 0) is 43.9 Å². The fourth-order valence-electron chi connectivity index (χ4n) is 4.07. The summed E-state index contributed by atoms with van der Waals surface area (Å²) in [6.07, 6.45) is 5.69. The molecule has 1 N–H and O–H groups in total. The number of carbonyl (C=O) groups is 1. The van der Waals surface area contributed by atoms with E-state index >= 15 is 0 Å². The summed E-state index contributed by atoms with van der Waals surface area (Å²) in [5, 5.41) is 16.5. The highest BCUT2D eigenvalue weighted by molar-refractivity contribution is 6.42. The molecule has 10 heteroatoms. The van der Waals surface area contributed by atoms with E-state index in [-0.39, 0.29) is 23.9 Å². The molecule has 31 heavy (non-hydrogen) atoms. The molecule has 1 saturated carbocycles. The normalized spacial score (nSPS) is 18.5. The Balaban J connectivity index is 1.37. The van der Waals surface area contributed by atoms with Gasteiger partial charge in [0.25, 0.3) is 5.56 Å². The molecule has 5 rings (SSSR count). The summed E-state index contributed by atoms with van der Waals surface area (Å²) in [4.78, 5) is 31.5. The molecule has 8 nitrogen and oxygen atoms in total. The molecule has 1 aromatic carbocycles. The van der Waals surface area contributed by atoms with Gasteiger partial charge < -0.3 is 10.0 Å². The maximum Gasteiger partial charge on any atom is 0.264 e. The first-order chi connectivity index (χ1) is 14.8. The molecule has 1 saturated heterocycles. The highest BCUT2D eigenvalue weighted by atomic mass is 35.5. The quantitative estimate of drug-likeness (QED) is 0.644. The smallest absolute Gasteiger partial charge is 0.264 e. The van der Waals surface area contributed by atoms with Gasteiger partial charge in [0.1, 0.15) is 11.7 Å². The van der Waals surface area contributed by atoms with Crippen molar-refractivity contribution in [3.63, 3.8) is 0 Å². The van der Waals surface area contributed by atoms with Crippen molar-refractivity contribution in [2.45, 2.75) is 37.8 Å². The lowest BCUT2D eigenvalue weighted by Crippen LogP contribution is -2.50. The van der Waals surface area contributed by atoms with Gasteiger partial charge >= 0.3 is 0 Å². The summed E-state index contributed by atoms with van der Waals surface area (Å²) in [5.74, 6) is 0.365. The van der Waals surface area contributed by atoms with Crippen LogP contribution in [0.1, 0.15) is 25.7 Å². The molecule has 0 bridgehead atoms. The number of carbonyl (C=O) groups excluding carboxylic acids is 1. The Morgan fingerprint density at radius 1 is 1.19 bits per heavy atom. The molecule has 0 unspecified atom stereocenters. The van der Waals surface area contributed by atoms with Crippen molar-refractivity contribution in [3.8, 4) is 5.69 Å². The van der Waals surface area contributed by atoms with Gasteiger partial charge in [-0.15, -0.1) is 0 Å². The number of benzene rings is 1. The number of hydrogen-bond acceptors (Lipinski definition) is 5. The number of hydrogen-bond donors (Lipinski definition) is 1. The van der Waals surface area contributed by atoms with E-state index in [1.165, 1.54) is 21.8 Å². The predicted octanol–water partition coefficient (Wildman–Crippen LogP) is 2.65. The van der Waals surface area contributed by atoms with E-state index in [0.717, 1.165) is 12.8 Å². The van der Waals surface area contributed by atoms with Crippen molar-refractivity contribution < 1.29 is 9.90 Å². The molecule has 1 amide bonds.